The maximum Gasteiger partial charge on any atom is 0.413 e. The molecule has 1 saturated heterocycles. The van der Waals surface area contributed by atoms with Crippen LogP contribution in [0.15, 0.2) is 24.3 Å². The Balaban J connectivity index is 1.89. The molecule has 1 aliphatic heterocycles. The van der Waals surface area contributed by atoms with Crippen molar-refractivity contribution in [3.05, 3.63) is 35.4 Å². The predicted octanol–water partition coefficient (Wildman–Crippen LogP) is 1.08. The van der Waals surface area contributed by atoms with E-state index in [4.69, 9.17) is 19.7 Å². The summed E-state index contributed by atoms with van der Waals surface area (Å²) in [6.07, 6.45) is -0.109. The summed E-state index contributed by atoms with van der Waals surface area (Å²) in [6, 6.07) is 5.43. The molecule has 0 aliphatic carbocycles. The second kappa shape index (κ2) is 9.25. The van der Waals surface area contributed by atoms with Crippen molar-refractivity contribution in [1.82, 2.24) is 4.90 Å². The lowest BCUT2D eigenvalue weighted by atomic mass is 10.1. The summed E-state index contributed by atoms with van der Waals surface area (Å²) in [5.74, 6) is -1.19. The zero-order valence-electron chi connectivity index (χ0n) is 14.5. The zero-order chi connectivity index (χ0) is 19.8. The minimum Gasteiger partial charge on any atom is -0.444 e. The fourth-order valence-electron chi connectivity index (χ4n) is 2.36. The van der Waals surface area contributed by atoms with Gasteiger partial charge in [-0.1, -0.05) is 12.1 Å². The molecule has 0 unspecified atom stereocenters. The molecular formula is C17H17N3O7. The third-order valence-electron chi connectivity index (χ3n) is 3.64. The van der Waals surface area contributed by atoms with Gasteiger partial charge in [-0.05, 0) is 24.1 Å². The van der Waals surface area contributed by atoms with Crippen LogP contribution in [0.1, 0.15) is 25.3 Å². The summed E-state index contributed by atoms with van der Waals surface area (Å²) in [5.41, 5.74) is 8.96. The van der Waals surface area contributed by atoms with Gasteiger partial charge in [0.05, 0.1) is 0 Å². The number of Topliss-reactive ketones (excluding diaryl/α,β-unsaturated/α-hetero) is 1. The molecule has 0 bridgehead atoms. The third-order valence-corrected chi connectivity index (χ3v) is 3.64. The van der Waals surface area contributed by atoms with Crippen molar-refractivity contribution < 1.29 is 38.2 Å². The number of esters is 2. The molecule has 0 aromatic heterocycles. The number of carbonyl (C=O) groups is 4. The third kappa shape index (κ3) is 5.75. The van der Waals surface area contributed by atoms with Gasteiger partial charge in [0.15, 0.2) is 6.73 Å². The molecule has 2 rings (SSSR count). The van der Waals surface area contributed by atoms with Crippen LogP contribution < -0.4 is 4.74 Å². The molecular weight excluding hydrogens is 358 g/mol. The van der Waals surface area contributed by atoms with Gasteiger partial charge >= 0.3 is 24.2 Å². The monoisotopic (exact) mass is 375 g/mol. The Hall–Kier alpha value is -3.52. The molecule has 0 radical (unpaired) electrons. The van der Waals surface area contributed by atoms with Crippen LogP contribution >= 0.6 is 0 Å². The fourth-order valence-corrected chi connectivity index (χ4v) is 2.36. The van der Waals surface area contributed by atoms with E-state index in [1.165, 1.54) is 6.92 Å². The van der Waals surface area contributed by atoms with Crippen LogP contribution in [-0.2, 0) is 30.5 Å². The number of nitrogens with zero attached hydrogens (tertiary/aromatic N) is 3. The largest absolute Gasteiger partial charge is 0.444 e. The minimum atomic E-state index is -0.945. The summed E-state index contributed by atoms with van der Waals surface area (Å²) in [6.45, 7) is 0.957. The molecule has 1 atom stereocenters. The summed E-state index contributed by atoms with van der Waals surface area (Å²) >= 11 is 0. The van der Waals surface area contributed by atoms with E-state index in [1.54, 1.807) is 24.3 Å². The Morgan fingerprint density at radius 3 is 2.67 bits per heavy atom. The van der Waals surface area contributed by atoms with Crippen molar-refractivity contribution in [3.63, 3.8) is 0 Å². The second-order valence-corrected chi connectivity index (χ2v) is 5.62. The normalized spacial score (nSPS) is 15.5. The standard InChI is InChI=1S/C17H17N3O7/c1-11(21)27-14-5-2-12(3-6-14)9-25-17(24)20-10-26-16(23)15(20)7-4-13(22)8-19-18/h2-3,5-6,8,15H,4,7,9-10H2,1H3/t15-/m0/s1. The highest BCUT2D eigenvalue weighted by atomic mass is 16.6. The molecule has 0 spiro atoms. The highest BCUT2D eigenvalue weighted by molar-refractivity contribution is 6.25. The zero-order valence-corrected chi connectivity index (χ0v) is 14.5. The van der Waals surface area contributed by atoms with Crippen LogP contribution in [0.25, 0.3) is 5.53 Å². The van der Waals surface area contributed by atoms with Crippen LogP contribution in [0.2, 0.25) is 0 Å². The molecule has 0 N–H and O–H groups in total. The summed E-state index contributed by atoms with van der Waals surface area (Å²) in [5, 5.41) is 0. The first-order valence-electron chi connectivity index (χ1n) is 7.98. The SMILES string of the molecule is CC(=O)Oc1ccc(COC(=O)N2COC(=O)[C@@H]2CCC(=O)C=[N+]=[N-])cc1. The van der Waals surface area contributed by atoms with Gasteiger partial charge < -0.3 is 19.7 Å². The van der Waals surface area contributed by atoms with Gasteiger partial charge in [-0.25, -0.2) is 9.59 Å². The van der Waals surface area contributed by atoms with Gasteiger partial charge in [-0.15, -0.1) is 0 Å². The number of cyclic esters (lactones) is 1. The maximum absolute atomic E-state index is 12.2. The van der Waals surface area contributed by atoms with E-state index in [0.717, 1.165) is 11.1 Å². The molecule has 142 valence electrons. The first-order chi connectivity index (χ1) is 12.9. The van der Waals surface area contributed by atoms with Crippen LogP contribution in [0.4, 0.5) is 4.79 Å². The molecule has 0 saturated carbocycles. The lowest BCUT2D eigenvalue weighted by Crippen LogP contribution is -2.38. The van der Waals surface area contributed by atoms with Gasteiger partial charge in [-0.3, -0.25) is 14.5 Å². The molecule has 1 heterocycles. The average molecular weight is 375 g/mol. The van der Waals surface area contributed by atoms with Gasteiger partial charge in [0.1, 0.15) is 18.4 Å². The molecule has 10 nitrogen and oxygen atoms in total. The fraction of sp³-hybridized carbons (Fsp3) is 0.353. The van der Waals surface area contributed by atoms with Gasteiger partial charge in [0.25, 0.3) is 0 Å². The van der Waals surface area contributed by atoms with Crippen LogP contribution in [0.3, 0.4) is 0 Å². The topological polar surface area (TPSA) is 136 Å². The minimum absolute atomic E-state index is 0.0237. The number of benzene rings is 1. The van der Waals surface area contributed by atoms with E-state index in [-0.39, 0.29) is 26.2 Å². The number of carbonyl (C=O) groups excluding carboxylic acids is 4. The van der Waals surface area contributed by atoms with E-state index in [1.807, 2.05) is 0 Å². The predicted molar refractivity (Wildman–Crippen MR) is 88.4 cm³/mol. The van der Waals surface area contributed by atoms with Crippen LogP contribution in [0.5, 0.6) is 5.75 Å². The van der Waals surface area contributed by atoms with Gasteiger partial charge in [0.2, 0.25) is 5.78 Å². The van der Waals surface area contributed by atoms with E-state index >= 15 is 0 Å². The Morgan fingerprint density at radius 2 is 2.04 bits per heavy atom. The molecule has 27 heavy (non-hydrogen) atoms. The maximum atomic E-state index is 12.2. The highest BCUT2D eigenvalue weighted by Gasteiger charge is 2.38. The average Bonchev–Trinajstić information content (AvgIpc) is 2.99. The summed E-state index contributed by atoms with van der Waals surface area (Å²) in [7, 11) is 0. The lowest BCUT2D eigenvalue weighted by molar-refractivity contribution is -0.139. The van der Waals surface area contributed by atoms with Crippen molar-refractivity contribution in [1.29, 1.82) is 0 Å². The van der Waals surface area contributed by atoms with Crippen molar-refractivity contribution in [3.8, 4) is 5.75 Å². The number of ether oxygens (including phenoxy) is 3. The molecule has 1 amide bonds. The van der Waals surface area contributed by atoms with Crippen molar-refractivity contribution >= 4 is 30.0 Å². The Labute approximate surface area is 154 Å². The number of hydrogen-bond donors (Lipinski definition) is 0. The number of hydrogen-bond acceptors (Lipinski definition) is 7. The summed E-state index contributed by atoms with van der Waals surface area (Å²) < 4.78 is 14.9. The van der Waals surface area contributed by atoms with Crippen LogP contribution in [0, 0.1) is 0 Å². The first-order valence-corrected chi connectivity index (χ1v) is 7.98. The molecule has 1 aromatic carbocycles. The van der Waals surface area contributed by atoms with E-state index in [2.05, 4.69) is 4.79 Å². The molecule has 1 aliphatic rings. The quantitative estimate of drug-likeness (QED) is 0.229. The van der Waals surface area contributed by atoms with Gasteiger partial charge in [-0.2, -0.15) is 4.79 Å². The van der Waals surface area contributed by atoms with Gasteiger partial charge in [0, 0.05) is 13.3 Å². The number of amides is 1. The molecule has 10 heteroatoms. The Bertz CT molecular complexity index is 784. The molecule has 1 fully saturated rings. The Kier molecular flexibility index (Phi) is 6.79. The van der Waals surface area contributed by atoms with Crippen molar-refractivity contribution in [2.24, 2.45) is 0 Å². The lowest BCUT2D eigenvalue weighted by Gasteiger charge is -2.19. The van der Waals surface area contributed by atoms with Crippen molar-refractivity contribution in [2.75, 3.05) is 6.73 Å². The van der Waals surface area contributed by atoms with Crippen molar-refractivity contribution in [2.45, 2.75) is 32.4 Å². The van der Waals surface area contributed by atoms with E-state index in [9.17, 15) is 19.2 Å². The Morgan fingerprint density at radius 1 is 1.33 bits per heavy atom. The molecule has 1 aromatic rings. The van der Waals surface area contributed by atoms with Crippen LogP contribution in [-0.4, -0.2) is 52.5 Å². The van der Waals surface area contributed by atoms with E-state index in [0.29, 0.717) is 11.3 Å². The number of ketones is 1. The van der Waals surface area contributed by atoms with E-state index < -0.39 is 29.9 Å². The first kappa shape index (κ1) is 19.8. The number of rotatable bonds is 7. The highest BCUT2D eigenvalue weighted by Crippen LogP contribution is 2.19. The second-order valence-electron chi connectivity index (χ2n) is 5.62. The summed E-state index contributed by atoms with van der Waals surface area (Å²) in [4.78, 5) is 49.9. The smallest absolute Gasteiger partial charge is 0.413 e.